The number of carbonyl (C=O) groups excluding carboxylic acids is 2. The fourth-order valence-corrected chi connectivity index (χ4v) is 1.41. The summed E-state index contributed by atoms with van der Waals surface area (Å²) in [6.07, 6.45) is 0.0213. The van der Waals surface area contributed by atoms with E-state index in [1.165, 1.54) is 0 Å². The van der Waals surface area contributed by atoms with Crippen LogP contribution in [0.2, 0.25) is 0 Å². The molecule has 1 unspecified atom stereocenters. The van der Waals surface area contributed by atoms with Crippen LogP contribution in [0.15, 0.2) is 4.99 Å². The van der Waals surface area contributed by atoms with E-state index in [2.05, 4.69) is 15.6 Å². The summed E-state index contributed by atoms with van der Waals surface area (Å²) in [5.74, 6) is -1.32. The average molecular weight is 227 g/mol. The van der Waals surface area contributed by atoms with Crippen LogP contribution in [0.5, 0.6) is 0 Å². The SMILES string of the molecule is CC(C)(C)CC(O)CN=C1NC(=O)C(=O)N1. The summed E-state index contributed by atoms with van der Waals surface area (Å²) in [5.41, 5.74) is 0.0157. The molecule has 0 spiro atoms. The summed E-state index contributed by atoms with van der Waals surface area (Å²) in [7, 11) is 0. The van der Waals surface area contributed by atoms with Crippen molar-refractivity contribution in [2.24, 2.45) is 10.4 Å². The van der Waals surface area contributed by atoms with Crippen molar-refractivity contribution in [3.63, 3.8) is 0 Å². The lowest BCUT2D eigenvalue weighted by molar-refractivity contribution is -0.135. The molecule has 2 amide bonds. The van der Waals surface area contributed by atoms with Gasteiger partial charge in [0.1, 0.15) is 0 Å². The number of carbonyl (C=O) groups is 2. The summed E-state index contributed by atoms with van der Waals surface area (Å²) in [5, 5.41) is 14.2. The van der Waals surface area contributed by atoms with Crippen LogP contribution in [0, 0.1) is 5.41 Å². The zero-order valence-corrected chi connectivity index (χ0v) is 9.70. The van der Waals surface area contributed by atoms with Gasteiger partial charge in [0.2, 0.25) is 5.96 Å². The molecule has 0 aromatic carbocycles. The first-order valence-electron chi connectivity index (χ1n) is 5.13. The molecule has 6 heteroatoms. The maximum atomic E-state index is 10.8. The Morgan fingerprint density at radius 1 is 1.25 bits per heavy atom. The Balaban J connectivity index is 2.42. The van der Waals surface area contributed by atoms with Gasteiger partial charge >= 0.3 is 11.8 Å². The van der Waals surface area contributed by atoms with Crippen LogP contribution in [0.3, 0.4) is 0 Å². The van der Waals surface area contributed by atoms with Gasteiger partial charge in [-0.15, -0.1) is 0 Å². The number of guanidine groups is 1. The van der Waals surface area contributed by atoms with Gasteiger partial charge in [-0.25, -0.2) is 4.99 Å². The second kappa shape index (κ2) is 4.61. The Bertz CT molecular complexity index is 313. The highest BCUT2D eigenvalue weighted by atomic mass is 16.3. The molecule has 1 saturated heterocycles. The lowest BCUT2D eigenvalue weighted by atomic mass is 9.89. The number of nitrogens with zero attached hydrogens (tertiary/aromatic N) is 1. The smallest absolute Gasteiger partial charge is 0.316 e. The van der Waals surface area contributed by atoms with Crippen LogP contribution >= 0.6 is 0 Å². The zero-order chi connectivity index (χ0) is 12.3. The van der Waals surface area contributed by atoms with E-state index in [9.17, 15) is 14.7 Å². The predicted molar refractivity (Wildman–Crippen MR) is 58.7 cm³/mol. The number of aliphatic imine (C=N–C) groups is 1. The van der Waals surface area contributed by atoms with Crippen LogP contribution in [0.25, 0.3) is 0 Å². The van der Waals surface area contributed by atoms with Gasteiger partial charge in [0.25, 0.3) is 0 Å². The average Bonchev–Trinajstić information content (AvgIpc) is 2.40. The van der Waals surface area contributed by atoms with Gasteiger partial charge in [-0.05, 0) is 11.8 Å². The van der Waals surface area contributed by atoms with Crippen molar-refractivity contribution in [1.82, 2.24) is 10.6 Å². The Kier molecular flexibility index (Phi) is 3.64. The number of aliphatic hydroxyl groups is 1. The molecule has 1 aliphatic heterocycles. The third-order valence-corrected chi connectivity index (χ3v) is 1.98. The van der Waals surface area contributed by atoms with Crippen molar-refractivity contribution in [3.8, 4) is 0 Å². The Morgan fingerprint density at radius 2 is 1.75 bits per heavy atom. The molecule has 1 heterocycles. The molecule has 16 heavy (non-hydrogen) atoms. The maximum absolute atomic E-state index is 10.8. The fraction of sp³-hybridized carbons (Fsp3) is 0.700. The van der Waals surface area contributed by atoms with Gasteiger partial charge < -0.3 is 5.11 Å². The molecule has 1 aliphatic rings. The van der Waals surface area contributed by atoms with E-state index < -0.39 is 17.9 Å². The number of nitrogens with one attached hydrogen (secondary N) is 2. The molecular weight excluding hydrogens is 210 g/mol. The Hall–Kier alpha value is -1.43. The number of amides is 2. The topological polar surface area (TPSA) is 90.8 Å². The molecule has 0 aromatic heterocycles. The Morgan fingerprint density at radius 3 is 2.19 bits per heavy atom. The highest BCUT2D eigenvalue weighted by molar-refractivity contribution is 6.45. The number of hydrogen-bond acceptors (Lipinski definition) is 4. The molecule has 0 aromatic rings. The van der Waals surface area contributed by atoms with Gasteiger partial charge in [0.05, 0.1) is 12.6 Å². The summed E-state index contributed by atoms with van der Waals surface area (Å²) in [4.78, 5) is 25.5. The van der Waals surface area contributed by atoms with E-state index in [4.69, 9.17) is 0 Å². The van der Waals surface area contributed by atoms with Crippen molar-refractivity contribution < 1.29 is 14.7 Å². The minimum Gasteiger partial charge on any atom is -0.391 e. The molecule has 3 N–H and O–H groups in total. The molecule has 1 fully saturated rings. The first kappa shape index (κ1) is 12.6. The number of hydrogen-bond donors (Lipinski definition) is 3. The van der Waals surface area contributed by atoms with Crippen LogP contribution in [0.4, 0.5) is 0 Å². The van der Waals surface area contributed by atoms with E-state index in [0.717, 1.165) is 0 Å². The fourth-order valence-electron chi connectivity index (χ4n) is 1.41. The van der Waals surface area contributed by atoms with E-state index >= 15 is 0 Å². The Labute approximate surface area is 94.1 Å². The molecule has 90 valence electrons. The molecule has 0 saturated carbocycles. The van der Waals surface area contributed by atoms with Gasteiger partial charge in [-0.2, -0.15) is 0 Å². The number of aliphatic hydroxyl groups excluding tert-OH is 1. The van der Waals surface area contributed by atoms with E-state index in [-0.39, 0.29) is 17.9 Å². The highest BCUT2D eigenvalue weighted by Gasteiger charge is 2.25. The summed E-state index contributed by atoms with van der Waals surface area (Å²) in [6, 6.07) is 0. The highest BCUT2D eigenvalue weighted by Crippen LogP contribution is 2.20. The van der Waals surface area contributed by atoms with Crippen molar-refractivity contribution >= 4 is 17.8 Å². The molecule has 1 rings (SSSR count). The molecule has 1 atom stereocenters. The monoisotopic (exact) mass is 227 g/mol. The van der Waals surface area contributed by atoms with Crippen LogP contribution in [-0.4, -0.2) is 35.5 Å². The van der Waals surface area contributed by atoms with Crippen molar-refractivity contribution in [2.75, 3.05) is 6.54 Å². The quantitative estimate of drug-likeness (QED) is 0.561. The van der Waals surface area contributed by atoms with Crippen LogP contribution in [0.1, 0.15) is 27.2 Å². The van der Waals surface area contributed by atoms with Gasteiger partial charge in [-0.1, -0.05) is 20.8 Å². The van der Waals surface area contributed by atoms with Crippen LogP contribution in [-0.2, 0) is 9.59 Å². The van der Waals surface area contributed by atoms with Crippen molar-refractivity contribution in [1.29, 1.82) is 0 Å². The van der Waals surface area contributed by atoms with Crippen molar-refractivity contribution in [2.45, 2.75) is 33.3 Å². The minimum atomic E-state index is -0.718. The first-order chi connectivity index (χ1) is 7.28. The molecular formula is C10H17N3O3. The summed E-state index contributed by atoms with van der Waals surface area (Å²) >= 11 is 0. The second-order valence-corrected chi connectivity index (χ2v) is 5.02. The first-order valence-corrected chi connectivity index (χ1v) is 5.13. The number of rotatable bonds is 3. The third kappa shape index (κ3) is 3.98. The normalized spacial score (nSPS) is 18.1. The van der Waals surface area contributed by atoms with E-state index in [1.54, 1.807) is 0 Å². The maximum Gasteiger partial charge on any atom is 0.316 e. The largest absolute Gasteiger partial charge is 0.391 e. The van der Waals surface area contributed by atoms with Crippen LogP contribution < -0.4 is 10.6 Å². The van der Waals surface area contributed by atoms with Gasteiger partial charge in [0, 0.05) is 0 Å². The minimum absolute atomic E-state index is 0.0157. The van der Waals surface area contributed by atoms with Crippen molar-refractivity contribution in [3.05, 3.63) is 0 Å². The molecule has 0 aliphatic carbocycles. The zero-order valence-electron chi connectivity index (χ0n) is 9.70. The molecule has 0 radical (unpaired) electrons. The molecule has 6 nitrogen and oxygen atoms in total. The second-order valence-electron chi connectivity index (χ2n) is 5.02. The standard InChI is InChI=1S/C10H17N3O3/c1-10(2,3)4-6(14)5-11-9-12-7(15)8(16)13-9/h6,14H,4-5H2,1-3H3,(H2,11,12,13,15,16). The van der Waals surface area contributed by atoms with E-state index in [1.807, 2.05) is 20.8 Å². The van der Waals surface area contributed by atoms with Gasteiger partial charge in [0.15, 0.2) is 0 Å². The third-order valence-electron chi connectivity index (χ3n) is 1.98. The summed E-state index contributed by atoms with van der Waals surface area (Å²) in [6.45, 7) is 6.21. The van der Waals surface area contributed by atoms with E-state index in [0.29, 0.717) is 6.42 Å². The lowest BCUT2D eigenvalue weighted by Crippen LogP contribution is -2.28. The van der Waals surface area contributed by atoms with Gasteiger partial charge in [-0.3, -0.25) is 20.2 Å². The lowest BCUT2D eigenvalue weighted by Gasteiger charge is -2.21. The summed E-state index contributed by atoms with van der Waals surface area (Å²) < 4.78 is 0. The predicted octanol–water partition coefficient (Wildman–Crippen LogP) is -0.614. The molecule has 0 bridgehead atoms.